The highest BCUT2D eigenvalue weighted by atomic mass is 32.1. The molecule has 0 aliphatic rings. The molecule has 4 nitrogen and oxygen atoms in total. The molecule has 0 atom stereocenters. The van der Waals surface area contributed by atoms with E-state index in [4.69, 9.17) is 0 Å². The molecule has 0 spiro atoms. The first-order valence-corrected chi connectivity index (χ1v) is 8.97. The van der Waals surface area contributed by atoms with Crippen molar-refractivity contribution in [3.05, 3.63) is 38.8 Å². The first kappa shape index (κ1) is 17.7. The van der Waals surface area contributed by atoms with Crippen molar-refractivity contribution in [2.45, 2.75) is 54.1 Å². The summed E-state index contributed by atoms with van der Waals surface area (Å²) in [7, 11) is 1.88. The number of hydrogen-bond donors (Lipinski definition) is 0. The van der Waals surface area contributed by atoms with Crippen LogP contribution in [0.4, 0.5) is 0 Å². The fourth-order valence-electron chi connectivity index (χ4n) is 2.67. The Kier molecular flexibility index (Phi) is 5.63. The zero-order valence-electron chi connectivity index (χ0n) is 15.0. The van der Waals surface area contributed by atoms with Crippen LogP contribution >= 0.6 is 11.3 Å². The topological polar surface area (TPSA) is 38.1 Å². The summed E-state index contributed by atoms with van der Waals surface area (Å²) >= 11 is 1.71. The Labute approximate surface area is 143 Å². The molecule has 0 fully saturated rings. The van der Waals surface area contributed by atoms with Gasteiger partial charge in [0.05, 0.1) is 18.7 Å². The predicted molar refractivity (Wildman–Crippen MR) is 95.8 cm³/mol. The number of nitrogens with zero attached hydrogens (tertiary/aromatic N) is 3. The van der Waals surface area contributed by atoms with E-state index < -0.39 is 0 Å². The van der Waals surface area contributed by atoms with Gasteiger partial charge < -0.3 is 4.90 Å². The molecule has 0 aliphatic carbocycles. The highest BCUT2D eigenvalue weighted by molar-refractivity contribution is 7.10. The largest absolute Gasteiger partial charge is 0.340 e. The summed E-state index contributed by atoms with van der Waals surface area (Å²) in [4.78, 5) is 15.7. The SMILES string of the molecule is Cc1ccsc1CN(C)C(=O)Cc1c(C)nn(CC(C)C)c1C. The van der Waals surface area contributed by atoms with Gasteiger partial charge in [0.25, 0.3) is 0 Å². The molecule has 5 heteroatoms. The van der Waals surface area contributed by atoms with Crippen molar-refractivity contribution in [1.82, 2.24) is 14.7 Å². The zero-order valence-corrected chi connectivity index (χ0v) is 15.8. The third-order valence-corrected chi connectivity index (χ3v) is 5.18. The van der Waals surface area contributed by atoms with Gasteiger partial charge in [0.1, 0.15) is 0 Å². The van der Waals surface area contributed by atoms with Crippen LogP contribution < -0.4 is 0 Å². The predicted octanol–water partition coefficient (Wildman–Crippen LogP) is 3.73. The van der Waals surface area contributed by atoms with Gasteiger partial charge in [-0.1, -0.05) is 13.8 Å². The van der Waals surface area contributed by atoms with Crippen molar-refractivity contribution < 1.29 is 4.79 Å². The maximum absolute atomic E-state index is 12.6. The minimum Gasteiger partial charge on any atom is -0.340 e. The Morgan fingerprint density at radius 3 is 2.61 bits per heavy atom. The van der Waals surface area contributed by atoms with Crippen molar-refractivity contribution >= 4 is 17.2 Å². The van der Waals surface area contributed by atoms with Crippen LogP contribution in [0.15, 0.2) is 11.4 Å². The molecule has 1 amide bonds. The number of aromatic nitrogens is 2. The van der Waals surface area contributed by atoms with E-state index in [0.717, 1.165) is 23.5 Å². The van der Waals surface area contributed by atoms with Crippen LogP contribution in [0.25, 0.3) is 0 Å². The summed E-state index contributed by atoms with van der Waals surface area (Å²) in [5.74, 6) is 0.689. The number of carbonyl (C=O) groups excluding carboxylic acids is 1. The van der Waals surface area contributed by atoms with E-state index in [2.05, 4.69) is 44.2 Å². The van der Waals surface area contributed by atoms with Crippen LogP contribution in [0.5, 0.6) is 0 Å². The summed E-state index contributed by atoms with van der Waals surface area (Å²) in [6, 6.07) is 2.10. The first-order chi connectivity index (χ1) is 10.8. The molecular weight excluding hydrogens is 306 g/mol. The average molecular weight is 334 g/mol. The van der Waals surface area contributed by atoms with Gasteiger partial charge in [-0.05, 0) is 43.7 Å². The molecule has 0 N–H and O–H groups in total. The van der Waals surface area contributed by atoms with E-state index in [1.54, 1.807) is 11.3 Å². The fraction of sp³-hybridized carbons (Fsp3) is 0.556. The van der Waals surface area contributed by atoms with E-state index in [1.807, 2.05) is 23.6 Å². The molecule has 0 unspecified atom stereocenters. The van der Waals surface area contributed by atoms with E-state index in [0.29, 0.717) is 18.9 Å². The second-order valence-electron chi connectivity index (χ2n) is 6.68. The number of amides is 1. The lowest BCUT2D eigenvalue weighted by atomic mass is 10.1. The van der Waals surface area contributed by atoms with Gasteiger partial charge in [0, 0.05) is 29.7 Å². The number of aryl methyl sites for hydroxylation is 2. The molecule has 0 aliphatic heterocycles. The summed E-state index contributed by atoms with van der Waals surface area (Å²) in [5, 5.41) is 6.68. The van der Waals surface area contributed by atoms with E-state index >= 15 is 0 Å². The maximum atomic E-state index is 12.6. The van der Waals surface area contributed by atoms with Crippen LogP contribution in [0, 0.1) is 26.7 Å². The van der Waals surface area contributed by atoms with Crippen molar-refractivity contribution in [2.24, 2.45) is 5.92 Å². The van der Waals surface area contributed by atoms with Crippen LogP contribution in [0.2, 0.25) is 0 Å². The van der Waals surface area contributed by atoms with Crippen LogP contribution in [0.1, 0.15) is 41.2 Å². The number of thiophene rings is 1. The molecule has 2 rings (SSSR count). The van der Waals surface area contributed by atoms with Gasteiger partial charge >= 0.3 is 0 Å². The van der Waals surface area contributed by atoms with Gasteiger partial charge in [-0.3, -0.25) is 9.48 Å². The summed E-state index contributed by atoms with van der Waals surface area (Å²) in [6.07, 6.45) is 0.427. The molecule has 0 aromatic carbocycles. The van der Waals surface area contributed by atoms with E-state index in [9.17, 15) is 4.79 Å². The smallest absolute Gasteiger partial charge is 0.227 e. The molecule has 2 aromatic rings. The molecule has 126 valence electrons. The molecule has 0 bridgehead atoms. The van der Waals surface area contributed by atoms with Crippen LogP contribution in [-0.2, 0) is 24.3 Å². The van der Waals surface area contributed by atoms with Crippen molar-refractivity contribution in [2.75, 3.05) is 7.05 Å². The summed E-state index contributed by atoms with van der Waals surface area (Å²) in [5.41, 5.74) is 4.42. The molecule has 2 aromatic heterocycles. The maximum Gasteiger partial charge on any atom is 0.227 e. The average Bonchev–Trinajstić information content (AvgIpc) is 2.97. The Morgan fingerprint density at radius 1 is 1.35 bits per heavy atom. The van der Waals surface area contributed by atoms with E-state index in [1.165, 1.54) is 10.4 Å². The Balaban J connectivity index is 2.08. The lowest BCUT2D eigenvalue weighted by molar-refractivity contribution is -0.129. The monoisotopic (exact) mass is 333 g/mol. The van der Waals surface area contributed by atoms with Crippen molar-refractivity contribution in [1.29, 1.82) is 0 Å². The molecule has 0 saturated carbocycles. The molecule has 2 heterocycles. The third kappa shape index (κ3) is 4.22. The summed E-state index contributed by atoms with van der Waals surface area (Å²) in [6.45, 7) is 12.1. The van der Waals surface area contributed by atoms with Crippen molar-refractivity contribution in [3.8, 4) is 0 Å². The number of hydrogen-bond acceptors (Lipinski definition) is 3. The Hall–Kier alpha value is -1.62. The highest BCUT2D eigenvalue weighted by Crippen LogP contribution is 2.19. The lowest BCUT2D eigenvalue weighted by Gasteiger charge is -2.17. The molecule has 0 saturated heterocycles. The van der Waals surface area contributed by atoms with Gasteiger partial charge in [-0.15, -0.1) is 11.3 Å². The lowest BCUT2D eigenvalue weighted by Crippen LogP contribution is -2.28. The first-order valence-electron chi connectivity index (χ1n) is 8.09. The standard InChI is InChI=1S/C18H27N3OS/c1-12(2)10-21-15(5)16(14(4)19-21)9-18(22)20(6)11-17-13(3)7-8-23-17/h7-8,12H,9-11H2,1-6H3. The minimum atomic E-state index is 0.146. The number of likely N-dealkylation sites (N-methyl/N-ethyl adjacent to an activating group) is 1. The van der Waals surface area contributed by atoms with Gasteiger partial charge in [0.2, 0.25) is 5.91 Å². The Morgan fingerprint density at radius 2 is 2.04 bits per heavy atom. The van der Waals surface area contributed by atoms with E-state index in [-0.39, 0.29) is 5.91 Å². The third-order valence-electron chi connectivity index (χ3n) is 4.17. The molecular formula is C18H27N3OS. The van der Waals surface area contributed by atoms with Gasteiger partial charge in [-0.2, -0.15) is 5.10 Å². The van der Waals surface area contributed by atoms with Crippen LogP contribution in [-0.4, -0.2) is 27.6 Å². The fourth-order valence-corrected chi connectivity index (χ4v) is 3.63. The number of carbonyl (C=O) groups is 1. The molecule has 0 radical (unpaired) electrons. The highest BCUT2D eigenvalue weighted by Gasteiger charge is 2.18. The minimum absolute atomic E-state index is 0.146. The molecule has 23 heavy (non-hydrogen) atoms. The second-order valence-corrected chi connectivity index (χ2v) is 7.68. The quantitative estimate of drug-likeness (QED) is 0.808. The number of rotatable bonds is 6. The second kappa shape index (κ2) is 7.30. The van der Waals surface area contributed by atoms with Gasteiger partial charge in [0.15, 0.2) is 0 Å². The normalized spacial score (nSPS) is 11.3. The van der Waals surface area contributed by atoms with Gasteiger partial charge in [-0.25, -0.2) is 0 Å². The van der Waals surface area contributed by atoms with Crippen LogP contribution in [0.3, 0.4) is 0 Å². The Bertz CT molecular complexity index is 684. The summed E-state index contributed by atoms with van der Waals surface area (Å²) < 4.78 is 2.03. The van der Waals surface area contributed by atoms with Crippen molar-refractivity contribution in [3.63, 3.8) is 0 Å². The zero-order chi connectivity index (χ0) is 17.1.